The van der Waals surface area contributed by atoms with Crippen LogP contribution in [0.15, 0.2) is 41.8 Å². The number of benzene rings is 2. The fraction of sp³-hybridized carbons (Fsp3) is 0.238. The number of hydrogen-bond donors (Lipinski definition) is 2. The topological polar surface area (TPSA) is 86.5 Å². The number of aromatic nitrogens is 1. The third-order valence-corrected chi connectivity index (χ3v) is 5.14. The second kappa shape index (κ2) is 10.9. The second-order valence-corrected chi connectivity index (χ2v) is 7.30. The number of carbonyl (C=O) groups is 1. The summed E-state index contributed by atoms with van der Waals surface area (Å²) in [6.45, 7) is 2.59. The minimum absolute atomic E-state index is 0. The van der Waals surface area contributed by atoms with Crippen LogP contribution in [0.1, 0.15) is 26.6 Å². The molecule has 0 unspecified atom stereocenters. The Balaban J connectivity index is 0.00000320. The Kier molecular flexibility index (Phi) is 8.58. The molecule has 3 N–H and O–H groups in total. The first-order valence-corrected chi connectivity index (χ1v) is 9.91. The van der Waals surface area contributed by atoms with Gasteiger partial charge < -0.3 is 20.5 Å². The number of carbonyl (C=O) groups excluding carboxylic acids is 1. The molecular formula is C21H23ClFN3O3S. The van der Waals surface area contributed by atoms with Crippen molar-refractivity contribution in [1.82, 2.24) is 10.3 Å². The lowest BCUT2D eigenvalue weighted by atomic mass is 10.1. The van der Waals surface area contributed by atoms with Gasteiger partial charge in [-0.05, 0) is 42.8 Å². The molecule has 0 bridgehead atoms. The van der Waals surface area contributed by atoms with Gasteiger partial charge in [0.1, 0.15) is 11.6 Å². The van der Waals surface area contributed by atoms with Gasteiger partial charge in [0, 0.05) is 42.2 Å². The SMILES string of the molecule is COc1ccc(C(=O)NCCc2nc(C)cs2)cc1Oc1cc(F)cc(CN)c1.Cl. The summed E-state index contributed by atoms with van der Waals surface area (Å²) in [6.07, 6.45) is 0.662. The monoisotopic (exact) mass is 451 g/mol. The number of halogens is 2. The lowest BCUT2D eigenvalue weighted by Crippen LogP contribution is -2.25. The van der Waals surface area contributed by atoms with Crippen molar-refractivity contribution in [3.05, 3.63) is 69.4 Å². The van der Waals surface area contributed by atoms with Crippen molar-refractivity contribution >= 4 is 29.7 Å². The third-order valence-electron chi connectivity index (χ3n) is 4.11. The Bertz CT molecular complexity index is 1010. The number of amides is 1. The van der Waals surface area contributed by atoms with Crippen molar-refractivity contribution in [2.45, 2.75) is 19.9 Å². The Labute approximate surface area is 184 Å². The van der Waals surface area contributed by atoms with Gasteiger partial charge in [-0.25, -0.2) is 9.37 Å². The molecule has 3 aromatic rings. The molecule has 0 atom stereocenters. The van der Waals surface area contributed by atoms with E-state index in [9.17, 15) is 9.18 Å². The molecule has 0 saturated carbocycles. The van der Waals surface area contributed by atoms with Crippen molar-refractivity contribution in [1.29, 1.82) is 0 Å². The lowest BCUT2D eigenvalue weighted by molar-refractivity contribution is 0.0953. The number of thiazole rings is 1. The highest BCUT2D eigenvalue weighted by atomic mass is 35.5. The third kappa shape index (κ3) is 6.16. The van der Waals surface area contributed by atoms with Crippen LogP contribution in [0, 0.1) is 12.7 Å². The molecule has 1 heterocycles. The van der Waals surface area contributed by atoms with Crippen LogP contribution in [-0.4, -0.2) is 24.5 Å². The molecule has 0 spiro atoms. The molecule has 160 valence electrons. The number of nitrogens with zero attached hydrogens (tertiary/aromatic N) is 1. The highest BCUT2D eigenvalue weighted by Gasteiger charge is 2.13. The minimum atomic E-state index is -0.451. The van der Waals surface area contributed by atoms with E-state index in [0.29, 0.717) is 35.6 Å². The summed E-state index contributed by atoms with van der Waals surface area (Å²) < 4.78 is 24.8. The summed E-state index contributed by atoms with van der Waals surface area (Å²) >= 11 is 1.57. The van der Waals surface area contributed by atoms with Crippen LogP contribution < -0.4 is 20.5 Å². The molecule has 2 aromatic carbocycles. The van der Waals surface area contributed by atoms with Gasteiger partial charge in [0.15, 0.2) is 11.5 Å². The van der Waals surface area contributed by atoms with Gasteiger partial charge >= 0.3 is 0 Å². The van der Waals surface area contributed by atoms with Crippen molar-refractivity contribution in [3.63, 3.8) is 0 Å². The second-order valence-electron chi connectivity index (χ2n) is 6.36. The molecule has 0 fully saturated rings. The molecule has 0 aliphatic rings. The molecule has 30 heavy (non-hydrogen) atoms. The predicted molar refractivity (Wildman–Crippen MR) is 117 cm³/mol. The van der Waals surface area contributed by atoms with Gasteiger partial charge in [-0.3, -0.25) is 4.79 Å². The zero-order valence-electron chi connectivity index (χ0n) is 16.6. The number of nitrogens with two attached hydrogens (primary N) is 1. The lowest BCUT2D eigenvalue weighted by Gasteiger charge is -2.13. The first-order valence-electron chi connectivity index (χ1n) is 9.03. The quantitative estimate of drug-likeness (QED) is 0.534. The fourth-order valence-electron chi connectivity index (χ4n) is 2.72. The van der Waals surface area contributed by atoms with Crippen LogP contribution in [-0.2, 0) is 13.0 Å². The smallest absolute Gasteiger partial charge is 0.251 e. The van der Waals surface area contributed by atoms with Gasteiger partial charge in [0.25, 0.3) is 5.91 Å². The van der Waals surface area contributed by atoms with E-state index in [-0.39, 0.29) is 30.6 Å². The minimum Gasteiger partial charge on any atom is -0.493 e. The van der Waals surface area contributed by atoms with E-state index in [1.165, 1.54) is 19.2 Å². The Hall–Kier alpha value is -2.68. The van der Waals surface area contributed by atoms with Gasteiger partial charge in [0.2, 0.25) is 0 Å². The maximum absolute atomic E-state index is 13.8. The number of methoxy groups -OCH3 is 1. The normalized spacial score (nSPS) is 10.3. The van der Waals surface area contributed by atoms with E-state index < -0.39 is 5.82 Å². The van der Waals surface area contributed by atoms with E-state index in [1.54, 1.807) is 35.6 Å². The number of ether oxygens (including phenoxy) is 2. The van der Waals surface area contributed by atoms with Crippen molar-refractivity contribution in [3.8, 4) is 17.2 Å². The molecular weight excluding hydrogens is 429 g/mol. The summed E-state index contributed by atoms with van der Waals surface area (Å²) in [5, 5.41) is 5.82. The highest BCUT2D eigenvalue weighted by Crippen LogP contribution is 2.33. The summed E-state index contributed by atoms with van der Waals surface area (Å²) in [7, 11) is 1.49. The van der Waals surface area contributed by atoms with E-state index in [1.807, 2.05) is 12.3 Å². The predicted octanol–water partition coefficient (Wildman–Crippen LogP) is 4.24. The highest BCUT2D eigenvalue weighted by molar-refractivity contribution is 7.09. The average molecular weight is 452 g/mol. The van der Waals surface area contributed by atoms with Crippen LogP contribution in [0.25, 0.3) is 0 Å². The first-order chi connectivity index (χ1) is 14.0. The standard InChI is InChI=1S/C21H22FN3O3S.ClH/c1-13-12-29-20(25-13)5-6-24-21(26)15-3-4-18(27-2)19(9-15)28-17-8-14(11-23)7-16(22)10-17;/h3-4,7-10,12H,5-6,11,23H2,1-2H3,(H,24,26);1H. The number of nitrogens with one attached hydrogen (secondary N) is 1. The molecule has 3 rings (SSSR count). The number of rotatable bonds is 8. The van der Waals surface area contributed by atoms with Crippen molar-refractivity contribution in [2.75, 3.05) is 13.7 Å². The summed E-state index contributed by atoms with van der Waals surface area (Å²) in [4.78, 5) is 16.9. The zero-order valence-corrected chi connectivity index (χ0v) is 18.2. The number of hydrogen-bond acceptors (Lipinski definition) is 6. The molecule has 0 radical (unpaired) electrons. The molecule has 1 aromatic heterocycles. The molecule has 1 amide bonds. The van der Waals surface area contributed by atoms with Crippen LogP contribution >= 0.6 is 23.7 Å². The first kappa shape index (κ1) is 23.6. The van der Waals surface area contributed by atoms with Gasteiger partial charge in [-0.2, -0.15) is 0 Å². The molecule has 0 aliphatic heterocycles. The van der Waals surface area contributed by atoms with Crippen LogP contribution in [0.4, 0.5) is 4.39 Å². The van der Waals surface area contributed by atoms with Gasteiger partial charge in [-0.15, -0.1) is 23.7 Å². The molecule has 6 nitrogen and oxygen atoms in total. The van der Waals surface area contributed by atoms with E-state index >= 15 is 0 Å². The maximum atomic E-state index is 13.8. The van der Waals surface area contributed by atoms with Gasteiger partial charge in [0.05, 0.1) is 12.1 Å². The average Bonchev–Trinajstić information content (AvgIpc) is 3.12. The summed E-state index contributed by atoms with van der Waals surface area (Å²) in [5.74, 6) is 0.323. The maximum Gasteiger partial charge on any atom is 0.251 e. The van der Waals surface area contributed by atoms with E-state index in [2.05, 4.69) is 10.3 Å². The summed E-state index contributed by atoms with van der Waals surface area (Å²) in [6, 6.07) is 9.09. The summed E-state index contributed by atoms with van der Waals surface area (Å²) in [5.41, 5.74) is 7.57. The number of aryl methyl sites for hydroxylation is 1. The van der Waals surface area contributed by atoms with Crippen LogP contribution in [0.3, 0.4) is 0 Å². The Morgan fingerprint density at radius 2 is 2.03 bits per heavy atom. The molecule has 9 heteroatoms. The largest absolute Gasteiger partial charge is 0.493 e. The van der Waals surface area contributed by atoms with Crippen LogP contribution in [0.5, 0.6) is 17.2 Å². The van der Waals surface area contributed by atoms with E-state index in [4.69, 9.17) is 15.2 Å². The fourth-order valence-corrected chi connectivity index (χ4v) is 3.50. The van der Waals surface area contributed by atoms with Crippen molar-refractivity contribution < 1.29 is 18.7 Å². The Morgan fingerprint density at radius 3 is 2.70 bits per heavy atom. The Morgan fingerprint density at radius 1 is 1.23 bits per heavy atom. The molecule has 0 saturated heterocycles. The van der Waals surface area contributed by atoms with E-state index in [0.717, 1.165) is 10.7 Å². The van der Waals surface area contributed by atoms with Gasteiger partial charge in [-0.1, -0.05) is 0 Å². The van der Waals surface area contributed by atoms with Crippen LogP contribution in [0.2, 0.25) is 0 Å². The molecule has 0 aliphatic carbocycles. The zero-order chi connectivity index (χ0) is 20.8. The van der Waals surface area contributed by atoms with Crippen molar-refractivity contribution in [2.24, 2.45) is 5.73 Å².